The molecule has 0 fully saturated rings. The Morgan fingerprint density at radius 1 is 1.19 bits per heavy atom. The number of pyridine rings is 2. The van der Waals surface area contributed by atoms with Crippen molar-refractivity contribution in [2.75, 3.05) is 11.4 Å². The number of ether oxygens (including phenoxy) is 1. The maximum absolute atomic E-state index is 11.1. The number of benzene rings is 1. The average Bonchev–Trinajstić information content (AvgIpc) is 2.63. The van der Waals surface area contributed by atoms with E-state index >= 15 is 0 Å². The quantitative estimate of drug-likeness (QED) is 0.504. The van der Waals surface area contributed by atoms with E-state index in [1.165, 1.54) is 12.1 Å². The fourth-order valence-corrected chi connectivity index (χ4v) is 2.51. The minimum atomic E-state index is -1.26. The second-order valence-electron chi connectivity index (χ2n) is 5.16. The normalized spacial score (nSPS) is 10.5. The highest BCUT2D eigenvalue weighted by molar-refractivity contribution is 6.34. The number of hydrogen-bond donors (Lipinski definition) is 2. The molecule has 0 saturated carbocycles. The molecule has 3 rings (SSSR count). The van der Waals surface area contributed by atoms with Crippen LogP contribution in [-0.4, -0.2) is 39.1 Å². The number of nitrogens with zero attached hydrogens (tertiary/aromatic N) is 3. The number of carbonyl (C=O) groups is 2. The van der Waals surface area contributed by atoms with Crippen molar-refractivity contribution in [2.45, 2.75) is 0 Å². The number of para-hydroxylation sites is 1. The van der Waals surface area contributed by atoms with Crippen LogP contribution in [-0.2, 0) is 9.59 Å². The Bertz CT molecular complexity index is 981. The Kier molecular flexibility index (Phi) is 4.85. The Morgan fingerprint density at radius 2 is 1.92 bits per heavy atom. The van der Waals surface area contributed by atoms with Gasteiger partial charge in [-0.15, -0.1) is 0 Å². The molecule has 0 atom stereocenters. The van der Waals surface area contributed by atoms with Crippen LogP contribution in [0.2, 0.25) is 5.15 Å². The third-order valence-corrected chi connectivity index (χ3v) is 3.67. The van der Waals surface area contributed by atoms with E-state index in [-0.39, 0.29) is 34.2 Å². The summed E-state index contributed by atoms with van der Waals surface area (Å²) in [5, 5.41) is 19.3. The number of fused-ring (bicyclic) bond motifs is 1. The lowest BCUT2D eigenvalue weighted by Crippen LogP contribution is -2.29. The number of aliphatic carboxylic acids is 1. The maximum atomic E-state index is 11.1. The Morgan fingerprint density at radius 3 is 2.58 bits per heavy atom. The third kappa shape index (κ3) is 3.50. The second-order valence-corrected chi connectivity index (χ2v) is 5.52. The molecular formula is C17H12ClN3O5. The molecule has 0 aliphatic heterocycles. The fourth-order valence-electron chi connectivity index (χ4n) is 2.28. The van der Waals surface area contributed by atoms with Gasteiger partial charge in [-0.25, -0.2) is 9.97 Å². The Balaban J connectivity index is 2.04. The van der Waals surface area contributed by atoms with Crippen LogP contribution in [0, 0.1) is 0 Å². The smallest absolute Gasteiger partial charge is 0.323 e. The predicted molar refractivity (Wildman–Crippen MR) is 93.8 cm³/mol. The molecule has 26 heavy (non-hydrogen) atoms. The van der Waals surface area contributed by atoms with E-state index in [9.17, 15) is 14.7 Å². The van der Waals surface area contributed by atoms with E-state index in [1.807, 2.05) is 6.07 Å². The van der Waals surface area contributed by atoms with Crippen LogP contribution in [0.4, 0.5) is 5.82 Å². The van der Waals surface area contributed by atoms with Crippen molar-refractivity contribution in [3.8, 4) is 17.4 Å². The summed E-state index contributed by atoms with van der Waals surface area (Å²) in [6, 6.07) is 12.0. The van der Waals surface area contributed by atoms with E-state index in [1.54, 1.807) is 24.3 Å². The van der Waals surface area contributed by atoms with Gasteiger partial charge >= 0.3 is 5.97 Å². The van der Waals surface area contributed by atoms with Gasteiger partial charge in [-0.3, -0.25) is 14.5 Å². The number of aromatic nitrogens is 2. The van der Waals surface area contributed by atoms with Gasteiger partial charge < -0.3 is 14.9 Å². The molecule has 3 aromatic rings. The molecule has 2 N–H and O–H groups in total. The lowest BCUT2D eigenvalue weighted by molar-refractivity contribution is -0.136. The first kappa shape index (κ1) is 17.4. The van der Waals surface area contributed by atoms with Crippen LogP contribution in [0.15, 0.2) is 42.5 Å². The number of rotatable bonds is 6. The molecule has 132 valence electrons. The fraction of sp³-hybridized carbons (Fsp3) is 0.0588. The molecule has 1 aromatic carbocycles. The lowest BCUT2D eigenvalue weighted by Gasteiger charge is -2.17. The molecule has 0 bridgehead atoms. The number of amides is 1. The molecule has 9 heteroatoms. The van der Waals surface area contributed by atoms with Crippen molar-refractivity contribution in [2.24, 2.45) is 0 Å². The monoisotopic (exact) mass is 373 g/mol. The molecule has 0 saturated heterocycles. The summed E-state index contributed by atoms with van der Waals surface area (Å²) in [7, 11) is 0. The van der Waals surface area contributed by atoms with Crippen molar-refractivity contribution in [1.82, 2.24) is 9.97 Å². The number of carboxylic acid groups (broad SMARTS) is 1. The molecule has 0 aliphatic rings. The summed E-state index contributed by atoms with van der Waals surface area (Å²) in [6.45, 7) is -0.672. The minimum absolute atomic E-state index is 0.108. The second kappa shape index (κ2) is 7.24. The molecule has 2 aromatic heterocycles. The van der Waals surface area contributed by atoms with E-state index in [0.29, 0.717) is 5.75 Å². The zero-order valence-corrected chi connectivity index (χ0v) is 13.9. The van der Waals surface area contributed by atoms with Crippen LogP contribution >= 0.6 is 11.6 Å². The van der Waals surface area contributed by atoms with Crippen LogP contribution in [0.1, 0.15) is 0 Å². The Labute approximate surface area is 152 Å². The van der Waals surface area contributed by atoms with Crippen LogP contribution in [0.25, 0.3) is 10.9 Å². The average molecular weight is 374 g/mol. The standard InChI is InChI=1S/C17H12ClN3O5/c18-16-14-11(15(25)17(20-16)21(9-22)8-13(23)24)6-7-12(19-14)26-10-4-2-1-3-5-10/h1-7,9,25H,8H2,(H,23,24). The van der Waals surface area contributed by atoms with Crippen LogP contribution in [0.5, 0.6) is 17.4 Å². The summed E-state index contributed by atoms with van der Waals surface area (Å²) in [5.41, 5.74) is 0.155. The van der Waals surface area contributed by atoms with E-state index in [4.69, 9.17) is 21.4 Å². The SMILES string of the molecule is O=CN(CC(=O)O)c1nc(Cl)c2nc(Oc3ccccc3)ccc2c1O. The predicted octanol–water partition coefficient (Wildman–Crippen LogP) is 2.83. The van der Waals surface area contributed by atoms with E-state index < -0.39 is 18.3 Å². The molecule has 0 unspecified atom stereocenters. The number of hydrogen-bond acceptors (Lipinski definition) is 6. The van der Waals surface area contributed by atoms with Crippen molar-refractivity contribution in [3.05, 3.63) is 47.6 Å². The van der Waals surface area contributed by atoms with E-state index in [2.05, 4.69) is 9.97 Å². The Hall–Kier alpha value is -3.39. The number of halogens is 1. The van der Waals surface area contributed by atoms with Gasteiger partial charge in [0.2, 0.25) is 12.3 Å². The molecule has 0 spiro atoms. The molecular weight excluding hydrogens is 362 g/mol. The number of aromatic hydroxyl groups is 1. The van der Waals surface area contributed by atoms with Gasteiger partial charge in [0, 0.05) is 11.5 Å². The van der Waals surface area contributed by atoms with Crippen LogP contribution in [0.3, 0.4) is 0 Å². The van der Waals surface area contributed by atoms with Gasteiger partial charge in [-0.2, -0.15) is 0 Å². The molecule has 2 heterocycles. The number of carbonyl (C=O) groups excluding carboxylic acids is 1. The van der Waals surface area contributed by atoms with E-state index in [0.717, 1.165) is 4.90 Å². The highest BCUT2D eigenvalue weighted by Crippen LogP contribution is 2.37. The summed E-state index contributed by atoms with van der Waals surface area (Å²) < 4.78 is 5.61. The number of carboxylic acids is 1. The largest absolute Gasteiger partial charge is 0.504 e. The van der Waals surface area contributed by atoms with Gasteiger partial charge in [0.1, 0.15) is 17.8 Å². The van der Waals surface area contributed by atoms with Gasteiger partial charge in [-0.1, -0.05) is 29.8 Å². The molecule has 0 aliphatic carbocycles. The summed E-state index contributed by atoms with van der Waals surface area (Å²) >= 11 is 6.12. The summed E-state index contributed by atoms with van der Waals surface area (Å²) in [4.78, 5) is 30.8. The third-order valence-electron chi connectivity index (χ3n) is 3.41. The van der Waals surface area contributed by atoms with Gasteiger partial charge in [-0.05, 0) is 18.2 Å². The van der Waals surface area contributed by atoms with Crippen molar-refractivity contribution in [1.29, 1.82) is 0 Å². The molecule has 1 amide bonds. The van der Waals surface area contributed by atoms with Gasteiger partial charge in [0.25, 0.3) is 0 Å². The highest BCUT2D eigenvalue weighted by Gasteiger charge is 2.21. The highest BCUT2D eigenvalue weighted by atomic mass is 35.5. The molecule has 8 nitrogen and oxygen atoms in total. The van der Waals surface area contributed by atoms with Gasteiger partial charge in [0.15, 0.2) is 16.7 Å². The maximum Gasteiger partial charge on any atom is 0.323 e. The first-order valence-electron chi connectivity index (χ1n) is 7.35. The lowest BCUT2D eigenvalue weighted by atomic mass is 10.2. The summed E-state index contributed by atoms with van der Waals surface area (Å²) in [6.07, 6.45) is 0.249. The van der Waals surface area contributed by atoms with Gasteiger partial charge in [0.05, 0.1) is 0 Å². The minimum Gasteiger partial charge on any atom is -0.504 e. The topological polar surface area (TPSA) is 113 Å². The summed E-state index contributed by atoms with van der Waals surface area (Å²) in [5.74, 6) is -1.13. The van der Waals surface area contributed by atoms with Crippen molar-refractivity contribution in [3.63, 3.8) is 0 Å². The van der Waals surface area contributed by atoms with Crippen molar-refractivity contribution >= 4 is 40.7 Å². The van der Waals surface area contributed by atoms with Crippen LogP contribution < -0.4 is 9.64 Å². The first-order valence-corrected chi connectivity index (χ1v) is 7.73. The number of anilines is 1. The first-order chi connectivity index (χ1) is 12.5. The molecule has 0 radical (unpaired) electrons. The van der Waals surface area contributed by atoms with Crippen molar-refractivity contribution < 1.29 is 24.5 Å². The zero-order valence-electron chi connectivity index (χ0n) is 13.2. The zero-order chi connectivity index (χ0) is 18.7.